The van der Waals surface area contributed by atoms with Gasteiger partial charge in [-0.1, -0.05) is 6.07 Å². The third-order valence-electron chi connectivity index (χ3n) is 4.87. The second-order valence-electron chi connectivity index (χ2n) is 6.66. The van der Waals surface area contributed by atoms with Gasteiger partial charge in [0.25, 0.3) is 5.91 Å². The van der Waals surface area contributed by atoms with Crippen LogP contribution >= 0.6 is 0 Å². The number of pyridine rings is 1. The van der Waals surface area contributed by atoms with Gasteiger partial charge in [-0.05, 0) is 38.3 Å². The molecule has 136 valence electrons. The molecule has 1 atom stereocenters. The molecule has 0 aliphatic carbocycles. The maximum atomic E-state index is 12.2. The summed E-state index contributed by atoms with van der Waals surface area (Å²) < 4.78 is 11.1. The summed E-state index contributed by atoms with van der Waals surface area (Å²) in [6, 6.07) is 5.29. The van der Waals surface area contributed by atoms with Crippen molar-refractivity contribution in [1.29, 1.82) is 0 Å². The number of hydrogen-bond acceptors (Lipinski definition) is 6. The molecular formula is C18H25N3O4. The Morgan fingerprint density at radius 2 is 2.20 bits per heavy atom. The Morgan fingerprint density at radius 1 is 1.40 bits per heavy atom. The van der Waals surface area contributed by atoms with E-state index in [-0.39, 0.29) is 23.5 Å². The van der Waals surface area contributed by atoms with E-state index in [2.05, 4.69) is 15.2 Å². The normalized spacial score (nSPS) is 22.7. The summed E-state index contributed by atoms with van der Waals surface area (Å²) >= 11 is 0. The second-order valence-corrected chi connectivity index (χ2v) is 6.66. The van der Waals surface area contributed by atoms with Gasteiger partial charge in [-0.3, -0.25) is 19.5 Å². The van der Waals surface area contributed by atoms with E-state index in [9.17, 15) is 9.59 Å². The Morgan fingerprint density at radius 3 is 2.88 bits per heavy atom. The minimum Gasteiger partial charge on any atom is -0.465 e. The Bertz CT molecular complexity index is 600. The lowest BCUT2D eigenvalue weighted by Crippen LogP contribution is -2.46. The van der Waals surface area contributed by atoms with Gasteiger partial charge < -0.3 is 14.8 Å². The molecule has 1 aromatic heterocycles. The summed E-state index contributed by atoms with van der Waals surface area (Å²) in [6.45, 7) is 4.70. The van der Waals surface area contributed by atoms with Crippen LogP contribution in [0.3, 0.4) is 0 Å². The predicted octanol–water partition coefficient (Wildman–Crippen LogP) is 0.998. The van der Waals surface area contributed by atoms with Crippen molar-refractivity contribution in [1.82, 2.24) is 15.2 Å². The Kier molecular flexibility index (Phi) is 5.65. The van der Waals surface area contributed by atoms with E-state index in [4.69, 9.17) is 9.47 Å². The first-order chi connectivity index (χ1) is 12.1. The number of aromatic nitrogens is 1. The van der Waals surface area contributed by atoms with E-state index in [1.165, 1.54) is 0 Å². The van der Waals surface area contributed by atoms with Gasteiger partial charge in [0.2, 0.25) is 0 Å². The first kappa shape index (κ1) is 17.8. The maximum Gasteiger partial charge on any atom is 0.320 e. The first-order valence-corrected chi connectivity index (χ1v) is 8.84. The lowest BCUT2D eigenvalue weighted by molar-refractivity contribution is -0.145. The van der Waals surface area contributed by atoms with Crippen LogP contribution in [0.15, 0.2) is 24.4 Å². The van der Waals surface area contributed by atoms with E-state index in [0.29, 0.717) is 25.5 Å². The molecule has 1 spiro atoms. The molecule has 3 rings (SSSR count). The Hall–Kier alpha value is -1.99. The summed E-state index contributed by atoms with van der Waals surface area (Å²) in [5.41, 5.74) is 0.237. The molecule has 3 heterocycles. The van der Waals surface area contributed by atoms with Crippen LogP contribution in [0.25, 0.3) is 0 Å². The molecule has 25 heavy (non-hydrogen) atoms. The molecule has 7 nitrogen and oxygen atoms in total. The number of hydrogen-bond donors (Lipinski definition) is 1. The Labute approximate surface area is 147 Å². The SMILES string of the molecule is CCOC(=O)CN1CCC2(CC1)C[C@@H](NC(=O)c1ccccn1)CO2. The zero-order chi connectivity index (χ0) is 17.7. The highest BCUT2D eigenvalue weighted by Crippen LogP contribution is 2.35. The van der Waals surface area contributed by atoms with Crippen molar-refractivity contribution in [2.45, 2.75) is 37.8 Å². The number of piperidine rings is 1. The van der Waals surface area contributed by atoms with Crippen molar-refractivity contribution in [2.24, 2.45) is 0 Å². The van der Waals surface area contributed by atoms with Crippen LogP contribution in [-0.4, -0.2) is 66.3 Å². The van der Waals surface area contributed by atoms with Crippen molar-refractivity contribution in [3.05, 3.63) is 30.1 Å². The molecule has 2 saturated heterocycles. The van der Waals surface area contributed by atoms with Crippen LogP contribution in [0.4, 0.5) is 0 Å². The van der Waals surface area contributed by atoms with Crippen molar-refractivity contribution < 1.29 is 19.1 Å². The zero-order valence-corrected chi connectivity index (χ0v) is 14.6. The summed E-state index contributed by atoms with van der Waals surface area (Å²) in [6.07, 6.45) is 4.14. The first-order valence-electron chi connectivity index (χ1n) is 8.84. The molecule has 0 aromatic carbocycles. The highest BCUT2D eigenvalue weighted by atomic mass is 16.5. The summed E-state index contributed by atoms with van der Waals surface area (Å²) in [5.74, 6) is -0.336. The lowest BCUT2D eigenvalue weighted by atomic mass is 9.87. The van der Waals surface area contributed by atoms with E-state index < -0.39 is 0 Å². The minimum absolute atomic E-state index is 0.00566. The van der Waals surface area contributed by atoms with Gasteiger partial charge >= 0.3 is 5.97 Å². The van der Waals surface area contributed by atoms with Gasteiger partial charge in [0.1, 0.15) is 5.69 Å². The molecule has 1 aromatic rings. The number of nitrogens with one attached hydrogen (secondary N) is 1. The Balaban J connectivity index is 1.47. The second kappa shape index (κ2) is 7.93. The number of rotatable bonds is 5. The summed E-state index contributed by atoms with van der Waals surface area (Å²) in [5, 5.41) is 3.01. The monoisotopic (exact) mass is 347 g/mol. The summed E-state index contributed by atoms with van der Waals surface area (Å²) in [7, 11) is 0. The molecular weight excluding hydrogens is 322 g/mol. The third kappa shape index (κ3) is 4.55. The topological polar surface area (TPSA) is 80.8 Å². The number of carbonyl (C=O) groups excluding carboxylic acids is 2. The van der Waals surface area contributed by atoms with Crippen molar-refractivity contribution in [3.63, 3.8) is 0 Å². The van der Waals surface area contributed by atoms with E-state index in [1.807, 2.05) is 6.92 Å². The molecule has 1 N–H and O–H groups in total. The molecule has 0 radical (unpaired) electrons. The van der Waals surface area contributed by atoms with Crippen molar-refractivity contribution in [3.8, 4) is 0 Å². The molecule has 0 unspecified atom stereocenters. The average Bonchev–Trinajstić information content (AvgIpc) is 3.00. The molecule has 0 saturated carbocycles. The van der Waals surface area contributed by atoms with Gasteiger partial charge in [-0.15, -0.1) is 0 Å². The maximum absolute atomic E-state index is 12.2. The van der Waals surface area contributed by atoms with Gasteiger partial charge in [-0.2, -0.15) is 0 Å². The number of nitrogens with zero attached hydrogens (tertiary/aromatic N) is 2. The molecule has 0 bridgehead atoms. The predicted molar refractivity (Wildman–Crippen MR) is 91.1 cm³/mol. The fourth-order valence-corrected chi connectivity index (χ4v) is 3.55. The number of likely N-dealkylation sites (tertiary alicyclic amines) is 1. The highest BCUT2D eigenvalue weighted by Gasteiger charge is 2.43. The number of ether oxygens (including phenoxy) is 2. The van der Waals surface area contributed by atoms with Gasteiger partial charge in [-0.25, -0.2) is 0 Å². The number of esters is 1. The fourth-order valence-electron chi connectivity index (χ4n) is 3.55. The van der Waals surface area contributed by atoms with Gasteiger partial charge in [0.05, 0.1) is 31.4 Å². The zero-order valence-electron chi connectivity index (χ0n) is 14.6. The molecule has 7 heteroatoms. The number of amides is 1. The quantitative estimate of drug-likeness (QED) is 0.801. The molecule has 2 aliphatic rings. The lowest BCUT2D eigenvalue weighted by Gasteiger charge is -2.38. The van der Waals surface area contributed by atoms with E-state index >= 15 is 0 Å². The van der Waals surface area contributed by atoms with E-state index in [0.717, 1.165) is 32.4 Å². The van der Waals surface area contributed by atoms with Gasteiger partial charge in [0.15, 0.2) is 0 Å². The average molecular weight is 347 g/mol. The molecule has 1 amide bonds. The van der Waals surface area contributed by atoms with Gasteiger partial charge in [0, 0.05) is 19.3 Å². The largest absolute Gasteiger partial charge is 0.465 e. The van der Waals surface area contributed by atoms with Crippen molar-refractivity contribution in [2.75, 3.05) is 32.8 Å². The van der Waals surface area contributed by atoms with Crippen LogP contribution in [-0.2, 0) is 14.3 Å². The standard InChI is InChI=1S/C18H25N3O4/c1-2-24-16(22)12-21-9-6-18(7-10-21)11-14(13-25-18)20-17(23)15-5-3-4-8-19-15/h3-5,8,14H,2,6-7,9-13H2,1H3,(H,20,23)/t14-/m1/s1. The third-order valence-corrected chi connectivity index (χ3v) is 4.87. The van der Waals surface area contributed by atoms with Crippen LogP contribution in [0.5, 0.6) is 0 Å². The van der Waals surface area contributed by atoms with Crippen LogP contribution in [0.1, 0.15) is 36.7 Å². The van der Waals surface area contributed by atoms with E-state index in [1.54, 1.807) is 24.4 Å². The smallest absolute Gasteiger partial charge is 0.320 e. The van der Waals surface area contributed by atoms with Crippen LogP contribution in [0, 0.1) is 0 Å². The van der Waals surface area contributed by atoms with Crippen LogP contribution in [0.2, 0.25) is 0 Å². The fraction of sp³-hybridized carbons (Fsp3) is 0.611. The van der Waals surface area contributed by atoms with Crippen LogP contribution < -0.4 is 5.32 Å². The highest BCUT2D eigenvalue weighted by molar-refractivity contribution is 5.92. The molecule has 2 fully saturated rings. The summed E-state index contributed by atoms with van der Waals surface area (Å²) in [4.78, 5) is 30.0. The number of carbonyl (C=O) groups is 2. The minimum atomic E-state index is -0.187. The van der Waals surface area contributed by atoms with Crippen molar-refractivity contribution >= 4 is 11.9 Å². The molecule has 2 aliphatic heterocycles.